The van der Waals surface area contributed by atoms with Gasteiger partial charge in [0.25, 0.3) is 5.91 Å². The molecule has 5 nitrogen and oxygen atoms in total. The Morgan fingerprint density at radius 3 is 2.43 bits per heavy atom. The molecule has 0 fully saturated rings. The van der Waals surface area contributed by atoms with E-state index in [9.17, 15) is 9.18 Å². The van der Waals surface area contributed by atoms with E-state index in [1.54, 1.807) is 18.2 Å². The monoisotopic (exact) mass is 436 g/mol. The fourth-order valence-corrected chi connectivity index (χ4v) is 3.12. The van der Waals surface area contributed by atoms with E-state index < -0.39 is 0 Å². The summed E-state index contributed by atoms with van der Waals surface area (Å²) in [6.07, 6.45) is 0.788. The van der Waals surface area contributed by atoms with E-state index >= 15 is 0 Å². The van der Waals surface area contributed by atoms with Crippen molar-refractivity contribution in [1.82, 2.24) is 10.6 Å². The topological polar surface area (TPSA) is 59.6 Å². The number of amides is 1. The van der Waals surface area contributed by atoms with Crippen LogP contribution in [0.4, 0.5) is 4.39 Å². The van der Waals surface area contributed by atoms with Crippen LogP contribution in [0.5, 0.6) is 11.5 Å². The van der Waals surface area contributed by atoms with Gasteiger partial charge in [0.15, 0.2) is 18.1 Å². The smallest absolute Gasteiger partial charge is 0.258 e. The van der Waals surface area contributed by atoms with E-state index in [1.165, 1.54) is 12.1 Å². The summed E-state index contributed by atoms with van der Waals surface area (Å²) in [6.45, 7) is 9.21. The SMILES string of the molecule is CCOc1cc(CNCCc2ccc(F)cc2)cc(Cl)c1OCC(=O)NC(C)(C)C. The number of benzene rings is 2. The summed E-state index contributed by atoms with van der Waals surface area (Å²) in [6, 6.07) is 10.1. The van der Waals surface area contributed by atoms with Gasteiger partial charge in [-0.3, -0.25) is 4.79 Å². The van der Waals surface area contributed by atoms with Crippen molar-refractivity contribution in [2.24, 2.45) is 0 Å². The van der Waals surface area contributed by atoms with Gasteiger partial charge in [-0.05, 0) is 76.1 Å². The molecule has 0 heterocycles. The van der Waals surface area contributed by atoms with Gasteiger partial charge in [-0.2, -0.15) is 0 Å². The first-order chi connectivity index (χ1) is 14.2. The highest BCUT2D eigenvalue weighted by molar-refractivity contribution is 6.32. The Morgan fingerprint density at radius 2 is 1.80 bits per heavy atom. The maximum Gasteiger partial charge on any atom is 0.258 e. The van der Waals surface area contributed by atoms with E-state index in [4.69, 9.17) is 21.1 Å². The van der Waals surface area contributed by atoms with E-state index in [0.29, 0.717) is 29.7 Å². The van der Waals surface area contributed by atoms with Gasteiger partial charge in [0.05, 0.1) is 11.6 Å². The Bertz CT molecular complexity index is 836. The molecule has 0 aliphatic rings. The first-order valence-electron chi connectivity index (χ1n) is 10.0. The van der Waals surface area contributed by atoms with Crippen LogP contribution in [0.25, 0.3) is 0 Å². The zero-order valence-electron chi connectivity index (χ0n) is 18.0. The predicted molar refractivity (Wildman–Crippen MR) is 118 cm³/mol. The van der Waals surface area contributed by atoms with Crippen molar-refractivity contribution in [3.05, 3.63) is 58.4 Å². The molecule has 0 bridgehead atoms. The Balaban J connectivity index is 1.95. The van der Waals surface area contributed by atoms with Gasteiger partial charge in [-0.15, -0.1) is 0 Å². The minimum Gasteiger partial charge on any atom is -0.490 e. The zero-order chi connectivity index (χ0) is 22.1. The lowest BCUT2D eigenvalue weighted by Crippen LogP contribution is -2.43. The largest absolute Gasteiger partial charge is 0.490 e. The highest BCUT2D eigenvalue weighted by atomic mass is 35.5. The second-order valence-electron chi connectivity index (χ2n) is 7.98. The normalized spacial score (nSPS) is 11.3. The Kier molecular flexibility index (Phi) is 8.93. The Labute approximate surface area is 182 Å². The molecule has 30 heavy (non-hydrogen) atoms. The molecule has 0 spiro atoms. The Hall–Kier alpha value is -2.31. The first-order valence-corrected chi connectivity index (χ1v) is 10.4. The quantitative estimate of drug-likeness (QED) is 0.538. The van der Waals surface area contributed by atoms with Crippen molar-refractivity contribution >= 4 is 17.5 Å². The number of hydrogen-bond acceptors (Lipinski definition) is 4. The van der Waals surface area contributed by atoms with E-state index in [0.717, 1.165) is 24.1 Å². The highest BCUT2D eigenvalue weighted by Crippen LogP contribution is 2.36. The maximum absolute atomic E-state index is 13.0. The van der Waals surface area contributed by atoms with Crippen LogP contribution in [0.3, 0.4) is 0 Å². The third-order valence-corrected chi connectivity index (χ3v) is 4.34. The number of nitrogens with one attached hydrogen (secondary N) is 2. The summed E-state index contributed by atoms with van der Waals surface area (Å²) in [4.78, 5) is 12.0. The van der Waals surface area contributed by atoms with Gasteiger partial charge < -0.3 is 20.1 Å². The van der Waals surface area contributed by atoms with Crippen LogP contribution in [0.1, 0.15) is 38.8 Å². The van der Waals surface area contributed by atoms with Crippen molar-refractivity contribution in [3.8, 4) is 11.5 Å². The lowest BCUT2D eigenvalue weighted by Gasteiger charge is -2.21. The van der Waals surface area contributed by atoms with Crippen molar-refractivity contribution < 1.29 is 18.7 Å². The van der Waals surface area contributed by atoms with Gasteiger partial charge in [-0.1, -0.05) is 23.7 Å². The highest BCUT2D eigenvalue weighted by Gasteiger charge is 2.17. The van der Waals surface area contributed by atoms with E-state index in [-0.39, 0.29) is 23.9 Å². The molecule has 0 radical (unpaired) electrons. The second-order valence-corrected chi connectivity index (χ2v) is 8.39. The number of carbonyl (C=O) groups excluding carboxylic acids is 1. The molecule has 0 aliphatic carbocycles. The molecule has 2 rings (SSSR count). The van der Waals surface area contributed by atoms with Crippen LogP contribution in [0.15, 0.2) is 36.4 Å². The maximum atomic E-state index is 13.0. The van der Waals surface area contributed by atoms with Crippen LogP contribution in [0.2, 0.25) is 5.02 Å². The van der Waals surface area contributed by atoms with Crippen LogP contribution < -0.4 is 20.1 Å². The number of halogens is 2. The lowest BCUT2D eigenvalue weighted by atomic mass is 10.1. The summed E-state index contributed by atoms with van der Waals surface area (Å²) >= 11 is 6.41. The minimum atomic E-state index is -0.337. The molecule has 0 aromatic heterocycles. The van der Waals surface area contributed by atoms with Crippen LogP contribution in [-0.4, -0.2) is 31.2 Å². The molecule has 0 atom stereocenters. The third kappa shape index (κ3) is 8.20. The number of rotatable bonds is 10. The fraction of sp³-hybridized carbons (Fsp3) is 0.435. The second kappa shape index (κ2) is 11.2. The van der Waals surface area contributed by atoms with Crippen molar-refractivity contribution in [2.75, 3.05) is 19.8 Å². The molecule has 7 heteroatoms. The molecule has 1 amide bonds. The molecule has 2 aromatic carbocycles. The molecule has 0 saturated heterocycles. The summed E-state index contributed by atoms with van der Waals surface area (Å²) in [5.41, 5.74) is 1.67. The van der Waals surface area contributed by atoms with Crippen molar-refractivity contribution in [1.29, 1.82) is 0 Å². The third-order valence-electron chi connectivity index (χ3n) is 4.06. The standard InChI is InChI=1S/C23H30ClFN2O3/c1-5-29-20-13-17(14-26-11-10-16-6-8-18(25)9-7-16)12-19(24)22(20)30-15-21(28)27-23(2,3)4/h6-9,12-13,26H,5,10-11,14-15H2,1-4H3,(H,27,28). The zero-order valence-corrected chi connectivity index (χ0v) is 18.7. The Morgan fingerprint density at radius 1 is 1.10 bits per heavy atom. The molecule has 0 aliphatic heterocycles. The number of carbonyl (C=O) groups is 1. The molecule has 2 aromatic rings. The summed E-state index contributed by atoms with van der Waals surface area (Å²) in [5, 5.41) is 6.58. The fourth-order valence-electron chi connectivity index (χ4n) is 2.84. The average molecular weight is 437 g/mol. The number of hydrogen-bond donors (Lipinski definition) is 2. The first kappa shape index (κ1) is 24.0. The van der Waals surface area contributed by atoms with E-state index in [2.05, 4.69) is 10.6 Å². The molecule has 0 unspecified atom stereocenters. The van der Waals surface area contributed by atoms with Crippen molar-refractivity contribution in [2.45, 2.75) is 46.2 Å². The summed E-state index contributed by atoms with van der Waals surface area (Å²) < 4.78 is 24.3. The lowest BCUT2D eigenvalue weighted by molar-refractivity contribution is -0.124. The van der Waals surface area contributed by atoms with Gasteiger partial charge in [0, 0.05) is 12.1 Å². The minimum absolute atomic E-state index is 0.146. The summed E-state index contributed by atoms with van der Waals surface area (Å²) in [5.74, 6) is 0.400. The molecule has 2 N–H and O–H groups in total. The molecule has 0 saturated carbocycles. The van der Waals surface area contributed by atoms with Gasteiger partial charge >= 0.3 is 0 Å². The predicted octanol–water partition coefficient (Wildman–Crippen LogP) is 4.50. The summed E-state index contributed by atoms with van der Waals surface area (Å²) in [7, 11) is 0. The molecular formula is C23H30ClFN2O3. The van der Waals surface area contributed by atoms with Crippen molar-refractivity contribution in [3.63, 3.8) is 0 Å². The average Bonchev–Trinajstić information content (AvgIpc) is 2.65. The van der Waals surface area contributed by atoms with E-state index in [1.807, 2.05) is 33.8 Å². The van der Waals surface area contributed by atoms with Crippen LogP contribution in [0, 0.1) is 5.82 Å². The van der Waals surface area contributed by atoms with Crippen LogP contribution >= 0.6 is 11.6 Å². The van der Waals surface area contributed by atoms with Crippen LogP contribution in [-0.2, 0) is 17.8 Å². The van der Waals surface area contributed by atoms with Gasteiger partial charge in [0.2, 0.25) is 0 Å². The molecular weight excluding hydrogens is 407 g/mol. The van der Waals surface area contributed by atoms with Gasteiger partial charge in [0.1, 0.15) is 5.82 Å². The van der Waals surface area contributed by atoms with Gasteiger partial charge in [-0.25, -0.2) is 4.39 Å². The number of ether oxygens (including phenoxy) is 2. The molecule has 164 valence electrons.